The summed E-state index contributed by atoms with van der Waals surface area (Å²) in [5, 5.41) is 9.07. The first-order chi connectivity index (χ1) is 8.36. The quantitative estimate of drug-likeness (QED) is 0.810. The fraction of sp³-hybridized carbons (Fsp3) is 0.600. The number of aromatic nitrogens is 2. The minimum absolute atomic E-state index is 0.155. The second kappa shape index (κ2) is 4.36. The standard InChI is InChI=1S/C10H15N3O4S/c1-13-6-8(11-7-13)18(16,17)12-10(9(14)15)4-2-3-5-10/h6-7,12H,2-5H2,1H3,(H,14,15). The van der Waals surface area contributed by atoms with Crippen molar-refractivity contribution in [3.8, 4) is 0 Å². The van der Waals surface area contributed by atoms with Gasteiger partial charge < -0.3 is 9.67 Å². The number of sulfonamides is 1. The van der Waals surface area contributed by atoms with Crippen LogP contribution in [0.4, 0.5) is 0 Å². The second-order valence-corrected chi connectivity index (χ2v) is 6.21. The van der Waals surface area contributed by atoms with Gasteiger partial charge in [0.25, 0.3) is 10.0 Å². The molecule has 0 saturated heterocycles. The first kappa shape index (κ1) is 13.0. The first-order valence-electron chi connectivity index (χ1n) is 5.61. The average Bonchev–Trinajstić information content (AvgIpc) is 2.87. The number of rotatable bonds is 4. The molecule has 0 amide bonds. The summed E-state index contributed by atoms with van der Waals surface area (Å²) in [6, 6.07) is 0. The van der Waals surface area contributed by atoms with Gasteiger partial charge in [-0.05, 0) is 12.8 Å². The molecule has 0 atom stereocenters. The molecule has 1 fully saturated rings. The Labute approximate surface area is 105 Å². The number of aliphatic carboxylic acids is 1. The molecule has 8 heteroatoms. The molecule has 18 heavy (non-hydrogen) atoms. The molecule has 0 unspecified atom stereocenters. The van der Waals surface area contributed by atoms with Crippen molar-refractivity contribution in [2.75, 3.05) is 0 Å². The molecule has 1 aromatic rings. The van der Waals surface area contributed by atoms with E-state index in [-0.39, 0.29) is 5.03 Å². The molecule has 0 aliphatic heterocycles. The van der Waals surface area contributed by atoms with Crippen LogP contribution >= 0.6 is 0 Å². The van der Waals surface area contributed by atoms with Crippen molar-refractivity contribution in [1.82, 2.24) is 14.3 Å². The summed E-state index contributed by atoms with van der Waals surface area (Å²) < 4.78 is 27.9. The van der Waals surface area contributed by atoms with Crippen molar-refractivity contribution in [3.63, 3.8) is 0 Å². The number of carboxylic acid groups (broad SMARTS) is 1. The van der Waals surface area contributed by atoms with E-state index < -0.39 is 21.5 Å². The van der Waals surface area contributed by atoms with E-state index in [1.165, 1.54) is 17.1 Å². The highest BCUT2D eigenvalue weighted by atomic mass is 32.2. The van der Waals surface area contributed by atoms with Gasteiger partial charge in [-0.15, -0.1) is 0 Å². The summed E-state index contributed by atoms with van der Waals surface area (Å²) in [4.78, 5) is 15.0. The maximum absolute atomic E-state index is 12.1. The van der Waals surface area contributed by atoms with Gasteiger partial charge in [0.1, 0.15) is 5.54 Å². The van der Waals surface area contributed by atoms with Crippen LogP contribution in [0.2, 0.25) is 0 Å². The van der Waals surface area contributed by atoms with Crippen LogP contribution in [0.15, 0.2) is 17.6 Å². The van der Waals surface area contributed by atoms with Gasteiger partial charge in [-0.3, -0.25) is 4.79 Å². The smallest absolute Gasteiger partial charge is 0.324 e. The van der Waals surface area contributed by atoms with Crippen LogP contribution in [-0.2, 0) is 21.9 Å². The average molecular weight is 273 g/mol. The Balaban J connectivity index is 2.29. The molecule has 7 nitrogen and oxygen atoms in total. The van der Waals surface area contributed by atoms with Gasteiger partial charge in [0.05, 0.1) is 6.33 Å². The number of carbonyl (C=O) groups is 1. The van der Waals surface area contributed by atoms with E-state index in [1.807, 2.05) is 0 Å². The molecule has 0 bridgehead atoms. The van der Waals surface area contributed by atoms with Gasteiger partial charge in [0, 0.05) is 13.2 Å². The van der Waals surface area contributed by atoms with Crippen molar-refractivity contribution in [2.24, 2.45) is 7.05 Å². The van der Waals surface area contributed by atoms with E-state index in [2.05, 4.69) is 9.71 Å². The largest absolute Gasteiger partial charge is 0.480 e. The molecular weight excluding hydrogens is 258 g/mol. The van der Waals surface area contributed by atoms with E-state index >= 15 is 0 Å². The van der Waals surface area contributed by atoms with Crippen molar-refractivity contribution in [3.05, 3.63) is 12.5 Å². The number of hydrogen-bond acceptors (Lipinski definition) is 4. The summed E-state index contributed by atoms with van der Waals surface area (Å²) in [7, 11) is -2.24. The van der Waals surface area contributed by atoms with Gasteiger partial charge in [0.2, 0.25) is 0 Å². The van der Waals surface area contributed by atoms with Crippen LogP contribution in [0.5, 0.6) is 0 Å². The highest BCUT2D eigenvalue weighted by Crippen LogP contribution is 2.31. The fourth-order valence-corrected chi connectivity index (χ4v) is 3.58. The first-order valence-corrected chi connectivity index (χ1v) is 7.09. The third kappa shape index (κ3) is 2.25. The van der Waals surface area contributed by atoms with Crippen LogP contribution in [0.1, 0.15) is 25.7 Å². The molecule has 100 valence electrons. The van der Waals surface area contributed by atoms with E-state index in [1.54, 1.807) is 7.05 Å². The van der Waals surface area contributed by atoms with Crippen molar-refractivity contribution >= 4 is 16.0 Å². The minimum atomic E-state index is -3.89. The summed E-state index contributed by atoms with van der Waals surface area (Å²) >= 11 is 0. The van der Waals surface area contributed by atoms with E-state index in [4.69, 9.17) is 0 Å². The summed E-state index contributed by atoms with van der Waals surface area (Å²) in [5.41, 5.74) is -1.38. The molecule has 0 spiro atoms. The van der Waals surface area contributed by atoms with E-state index in [9.17, 15) is 18.3 Å². The third-order valence-electron chi connectivity index (χ3n) is 3.15. The van der Waals surface area contributed by atoms with Crippen LogP contribution in [0.25, 0.3) is 0 Å². The zero-order valence-electron chi connectivity index (χ0n) is 9.96. The lowest BCUT2D eigenvalue weighted by atomic mass is 10.0. The lowest BCUT2D eigenvalue weighted by molar-refractivity contribution is -0.143. The summed E-state index contributed by atoms with van der Waals surface area (Å²) in [6.45, 7) is 0. The van der Waals surface area contributed by atoms with Crippen LogP contribution in [0.3, 0.4) is 0 Å². The minimum Gasteiger partial charge on any atom is -0.480 e. The molecule has 1 aliphatic rings. The Morgan fingerprint density at radius 1 is 1.50 bits per heavy atom. The monoisotopic (exact) mass is 273 g/mol. The Kier molecular flexibility index (Phi) is 3.16. The van der Waals surface area contributed by atoms with Gasteiger partial charge in [-0.25, -0.2) is 13.4 Å². The normalized spacial score (nSPS) is 18.9. The molecule has 0 aromatic carbocycles. The Bertz CT molecular complexity index is 557. The number of aryl methyl sites for hydroxylation is 1. The highest BCUT2D eigenvalue weighted by molar-refractivity contribution is 7.89. The molecule has 1 aliphatic carbocycles. The zero-order chi connectivity index (χ0) is 13.4. The number of nitrogens with zero attached hydrogens (tertiary/aromatic N) is 2. The SMILES string of the molecule is Cn1cnc(S(=O)(=O)NC2(C(=O)O)CCCC2)c1. The molecular formula is C10H15N3O4S. The molecule has 2 rings (SSSR count). The predicted molar refractivity (Wildman–Crippen MR) is 62.4 cm³/mol. The van der Waals surface area contributed by atoms with Crippen LogP contribution in [-0.4, -0.2) is 34.6 Å². The Morgan fingerprint density at radius 3 is 2.56 bits per heavy atom. The molecule has 2 N–H and O–H groups in total. The van der Waals surface area contributed by atoms with Gasteiger partial charge >= 0.3 is 5.97 Å². The number of carboxylic acids is 1. The molecule has 0 radical (unpaired) electrons. The Hall–Kier alpha value is -1.41. The van der Waals surface area contributed by atoms with Crippen molar-refractivity contribution < 1.29 is 18.3 Å². The maximum atomic E-state index is 12.1. The third-order valence-corrected chi connectivity index (χ3v) is 4.57. The zero-order valence-corrected chi connectivity index (χ0v) is 10.8. The highest BCUT2D eigenvalue weighted by Gasteiger charge is 2.45. The van der Waals surface area contributed by atoms with Crippen molar-refractivity contribution in [1.29, 1.82) is 0 Å². The van der Waals surface area contributed by atoms with E-state index in [0.717, 1.165) is 0 Å². The fourth-order valence-electron chi connectivity index (χ4n) is 2.18. The lowest BCUT2D eigenvalue weighted by Gasteiger charge is -2.24. The van der Waals surface area contributed by atoms with Crippen LogP contribution < -0.4 is 4.72 Å². The summed E-state index contributed by atoms with van der Waals surface area (Å²) in [6.07, 6.45) is 4.74. The van der Waals surface area contributed by atoms with Gasteiger partial charge in [-0.1, -0.05) is 12.8 Å². The van der Waals surface area contributed by atoms with Gasteiger partial charge in [0.15, 0.2) is 5.03 Å². The molecule has 1 aromatic heterocycles. The number of nitrogens with one attached hydrogen (secondary N) is 1. The Morgan fingerprint density at radius 2 is 2.11 bits per heavy atom. The number of hydrogen-bond donors (Lipinski definition) is 2. The lowest BCUT2D eigenvalue weighted by Crippen LogP contribution is -2.52. The van der Waals surface area contributed by atoms with Crippen LogP contribution in [0, 0.1) is 0 Å². The summed E-state index contributed by atoms with van der Waals surface area (Å²) in [5.74, 6) is -1.13. The number of imidazole rings is 1. The topological polar surface area (TPSA) is 101 Å². The molecule has 1 heterocycles. The molecule has 1 saturated carbocycles. The van der Waals surface area contributed by atoms with E-state index in [0.29, 0.717) is 25.7 Å². The van der Waals surface area contributed by atoms with Crippen molar-refractivity contribution in [2.45, 2.75) is 36.2 Å². The predicted octanol–water partition coefficient (Wildman–Crippen LogP) is 0.0958. The maximum Gasteiger partial charge on any atom is 0.324 e. The second-order valence-electron chi connectivity index (χ2n) is 4.58. The van der Waals surface area contributed by atoms with Gasteiger partial charge in [-0.2, -0.15) is 4.72 Å².